The van der Waals surface area contributed by atoms with Crippen molar-refractivity contribution in [2.75, 3.05) is 13.2 Å². The van der Waals surface area contributed by atoms with Gasteiger partial charge >= 0.3 is 0 Å². The maximum atomic E-state index is 11.7. The zero-order valence-electron chi connectivity index (χ0n) is 11.9. The third-order valence-corrected chi connectivity index (χ3v) is 2.97. The Hall–Kier alpha value is -2.12. The van der Waals surface area contributed by atoms with Crippen molar-refractivity contribution in [1.29, 1.82) is 5.26 Å². The van der Waals surface area contributed by atoms with E-state index in [4.69, 9.17) is 10.4 Å². The number of nitrogens with zero attached hydrogens (tertiary/aromatic N) is 1. The molecule has 4 nitrogen and oxygen atoms in total. The first-order valence-corrected chi connectivity index (χ1v) is 6.54. The Morgan fingerprint density at radius 1 is 1.50 bits per heavy atom. The highest BCUT2D eigenvalue weighted by molar-refractivity contribution is 5.91. The molecule has 2 N–H and O–H groups in total. The first-order valence-electron chi connectivity index (χ1n) is 6.54. The fraction of sp³-hybridized carbons (Fsp3) is 0.375. The monoisotopic (exact) mass is 272 g/mol. The summed E-state index contributed by atoms with van der Waals surface area (Å²) in [5.74, 6) is -0.182. The topological polar surface area (TPSA) is 73.1 Å². The van der Waals surface area contributed by atoms with E-state index in [0.29, 0.717) is 18.5 Å². The number of aliphatic hydroxyl groups is 1. The van der Waals surface area contributed by atoms with Crippen molar-refractivity contribution in [2.24, 2.45) is 5.41 Å². The molecule has 0 aliphatic heterocycles. The molecule has 1 rings (SSSR count). The summed E-state index contributed by atoms with van der Waals surface area (Å²) in [6.45, 7) is 4.60. The first-order chi connectivity index (χ1) is 9.46. The Morgan fingerprint density at radius 2 is 2.25 bits per heavy atom. The highest BCUT2D eigenvalue weighted by Crippen LogP contribution is 2.17. The second-order valence-corrected chi connectivity index (χ2v) is 5.43. The van der Waals surface area contributed by atoms with Gasteiger partial charge < -0.3 is 10.4 Å². The lowest BCUT2D eigenvalue weighted by Crippen LogP contribution is -2.33. The van der Waals surface area contributed by atoms with E-state index < -0.39 is 0 Å². The fourth-order valence-electron chi connectivity index (χ4n) is 1.66. The molecule has 106 valence electrons. The van der Waals surface area contributed by atoms with Crippen LogP contribution >= 0.6 is 0 Å². The van der Waals surface area contributed by atoms with Gasteiger partial charge in [-0.2, -0.15) is 5.26 Å². The van der Waals surface area contributed by atoms with Gasteiger partial charge in [0.1, 0.15) is 0 Å². The molecule has 0 unspecified atom stereocenters. The summed E-state index contributed by atoms with van der Waals surface area (Å²) in [6.07, 6.45) is 3.77. The molecule has 0 aliphatic rings. The summed E-state index contributed by atoms with van der Waals surface area (Å²) < 4.78 is 0. The lowest BCUT2D eigenvalue weighted by Gasteiger charge is -2.23. The number of hydrogen-bond acceptors (Lipinski definition) is 3. The summed E-state index contributed by atoms with van der Waals surface area (Å²) in [6, 6.07) is 9.11. The molecule has 0 aromatic heterocycles. The molecule has 0 saturated carbocycles. The number of amides is 1. The summed E-state index contributed by atoms with van der Waals surface area (Å²) in [5.41, 5.74) is 1.25. The summed E-state index contributed by atoms with van der Waals surface area (Å²) in [5, 5.41) is 20.5. The molecule has 0 spiro atoms. The lowest BCUT2D eigenvalue weighted by molar-refractivity contribution is -0.116. The van der Waals surface area contributed by atoms with Crippen molar-refractivity contribution in [2.45, 2.75) is 20.3 Å². The number of aliphatic hydroxyl groups excluding tert-OH is 1. The Labute approximate surface area is 119 Å². The van der Waals surface area contributed by atoms with Crippen molar-refractivity contribution < 1.29 is 9.90 Å². The second-order valence-electron chi connectivity index (χ2n) is 5.43. The van der Waals surface area contributed by atoms with E-state index in [-0.39, 0.29) is 17.9 Å². The van der Waals surface area contributed by atoms with Crippen LogP contribution in [0.5, 0.6) is 0 Å². The Balaban J connectivity index is 2.54. The van der Waals surface area contributed by atoms with Gasteiger partial charge in [0.05, 0.1) is 11.6 Å². The van der Waals surface area contributed by atoms with Gasteiger partial charge in [-0.05, 0) is 35.6 Å². The van der Waals surface area contributed by atoms with Gasteiger partial charge in [-0.1, -0.05) is 26.0 Å². The number of carbonyl (C=O) groups excluding carboxylic acids is 1. The van der Waals surface area contributed by atoms with Crippen LogP contribution < -0.4 is 5.32 Å². The third-order valence-electron chi connectivity index (χ3n) is 2.97. The molecular formula is C16H20N2O2. The lowest BCUT2D eigenvalue weighted by atomic mass is 9.90. The smallest absolute Gasteiger partial charge is 0.244 e. The van der Waals surface area contributed by atoms with Gasteiger partial charge in [-0.3, -0.25) is 4.79 Å². The molecule has 0 fully saturated rings. The standard InChI is InChI=1S/C16H20N2O2/c1-16(2,8-9-19)12-18-15(20)7-6-13-4-3-5-14(10-13)11-17/h3-7,10,19H,8-9,12H2,1-2H3,(H,18,20)/b7-6+. The van der Waals surface area contributed by atoms with Crippen LogP contribution in [0.3, 0.4) is 0 Å². The quantitative estimate of drug-likeness (QED) is 0.779. The van der Waals surface area contributed by atoms with Gasteiger partial charge in [0.25, 0.3) is 0 Å². The van der Waals surface area contributed by atoms with Crippen LogP contribution in [0.15, 0.2) is 30.3 Å². The number of carbonyl (C=O) groups is 1. The molecule has 0 saturated heterocycles. The van der Waals surface area contributed by atoms with Crippen molar-refractivity contribution >= 4 is 12.0 Å². The molecule has 1 aromatic rings. The zero-order valence-corrected chi connectivity index (χ0v) is 11.9. The molecule has 1 aromatic carbocycles. The normalized spacial score (nSPS) is 11.3. The van der Waals surface area contributed by atoms with E-state index in [9.17, 15) is 4.79 Å². The minimum absolute atomic E-state index is 0.111. The molecule has 0 aliphatic carbocycles. The van der Waals surface area contributed by atoms with E-state index >= 15 is 0 Å². The summed E-state index contributed by atoms with van der Waals surface area (Å²) in [4.78, 5) is 11.7. The van der Waals surface area contributed by atoms with E-state index in [0.717, 1.165) is 5.56 Å². The summed E-state index contributed by atoms with van der Waals surface area (Å²) >= 11 is 0. The number of nitrogens with one attached hydrogen (secondary N) is 1. The van der Waals surface area contributed by atoms with Crippen molar-refractivity contribution in [3.8, 4) is 6.07 Å². The summed E-state index contributed by atoms with van der Waals surface area (Å²) in [7, 11) is 0. The predicted octanol–water partition coefficient (Wildman–Crippen LogP) is 2.10. The van der Waals surface area contributed by atoms with E-state index in [2.05, 4.69) is 11.4 Å². The Kier molecular flexibility index (Phi) is 5.95. The molecular weight excluding hydrogens is 252 g/mol. The highest BCUT2D eigenvalue weighted by Gasteiger charge is 2.17. The first kappa shape index (κ1) is 15.9. The average molecular weight is 272 g/mol. The molecule has 0 bridgehead atoms. The van der Waals surface area contributed by atoms with Crippen LogP contribution in [0.4, 0.5) is 0 Å². The van der Waals surface area contributed by atoms with E-state index in [1.165, 1.54) is 6.08 Å². The number of hydrogen-bond donors (Lipinski definition) is 2. The van der Waals surface area contributed by atoms with Crippen LogP contribution in [0.1, 0.15) is 31.4 Å². The van der Waals surface area contributed by atoms with Crippen LogP contribution in [0.2, 0.25) is 0 Å². The molecule has 0 heterocycles. The number of rotatable bonds is 6. The van der Waals surface area contributed by atoms with Crippen LogP contribution in [0, 0.1) is 16.7 Å². The van der Waals surface area contributed by atoms with Crippen molar-refractivity contribution in [3.05, 3.63) is 41.5 Å². The van der Waals surface area contributed by atoms with Crippen molar-refractivity contribution in [1.82, 2.24) is 5.32 Å². The fourth-order valence-corrected chi connectivity index (χ4v) is 1.66. The number of benzene rings is 1. The van der Waals surface area contributed by atoms with Gasteiger partial charge in [0.15, 0.2) is 0 Å². The SMILES string of the molecule is CC(C)(CCO)CNC(=O)/C=C/c1cccc(C#N)c1. The van der Waals surface area contributed by atoms with E-state index in [1.54, 1.807) is 24.3 Å². The van der Waals surface area contributed by atoms with Crippen molar-refractivity contribution in [3.63, 3.8) is 0 Å². The van der Waals surface area contributed by atoms with Crippen LogP contribution in [0.25, 0.3) is 6.08 Å². The Bertz CT molecular complexity index is 528. The largest absolute Gasteiger partial charge is 0.396 e. The molecule has 20 heavy (non-hydrogen) atoms. The average Bonchev–Trinajstić information content (AvgIpc) is 2.43. The van der Waals surface area contributed by atoms with Gasteiger partial charge in [-0.15, -0.1) is 0 Å². The predicted molar refractivity (Wildman–Crippen MR) is 78.7 cm³/mol. The number of nitriles is 1. The molecule has 1 amide bonds. The minimum Gasteiger partial charge on any atom is -0.396 e. The van der Waals surface area contributed by atoms with Gasteiger partial charge in [0, 0.05) is 19.2 Å². The Morgan fingerprint density at radius 3 is 2.90 bits per heavy atom. The highest BCUT2D eigenvalue weighted by atomic mass is 16.3. The maximum absolute atomic E-state index is 11.7. The molecule has 0 radical (unpaired) electrons. The molecule has 0 atom stereocenters. The third kappa shape index (κ3) is 5.68. The van der Waals surface area contributed by atoms with Gasteiger partial charge in [-0.25, -0.2) is 0 Å². The van der Waals surface area contributed by atoms with Gasteiger partial charge in [0.2, 0.25) is 5.91 Å². The minimum atomic E-state index is -0.182. The maximum Gasteiger partial charge on any atom is 0.244 e. The molecule has 4 heteroatoms. The van der Waals surface area contributed by atoms with Crippen LogP contribution in [-0.2, 0) is 4.79 Å². The second kappa shape index (κ2) is 7.46. The van der Waals surface area contributed by atoms with E-state index in [1.807, 2.05) is 19.9 Å². The zero-order chi connectivity index (χ0) is 15.0. The van der Waals surface area contributed by atoms with Crippen LogP contribution in [-0.4, -0.2) is 24.2 Å².